The highest BCUT2D eigenvalue weighted by Gasteiger charge is 2.12. The second-order valence-electron chi connectivity index (χ2n) is 4.93. The van der Waals surface area contributed by atoms with Crippen molar-refractivity contribution in [2.45, 2.75) is 0 Å². The first kappa shape index (κ1) is 15.4. The van der Waals surface area contributed by atoms with Gasteiger partial charge in [-0.05, 0) is 41.5 Å². The molecule has 1 heterocycles. The minimum atomic E-state index is -0.421. The van der Waals surface area contributed by atoms with E-state index >= 15 is 0 Å². The Morgan fingerprint density at radius 3 is 1.91 bits per heavy atom. The van der Waals surface area contributed by atoms with Gasteiger partial charge in [0.05, 0.1) is 5.69 Å². The zero-order chi connectivity index (χ0) is 16.4. The van der Waals surface area contributed by atoms with Gasteiger partial charge in [0.25, 0.3) is 5.56 Å². The molecule has 2 aromatic carbocycles. The molecule has 0 bridgehead atoms. The molecule has 0 amide bonds. The summed E-state index contributed by atoms with van der Waals surface area (Å²) in [6, 6.07) is 17.9. The molecule has 0 radical (unpaired) electrons. The summed E-state index contributed by atoms with van der Waals surface area (Å²) < 4.78 is 0. The van der Waals surface area contributed by atoms with Crippen molar-refractivity contribution in [3.8, 4) is 28.5 Å². The first-order valence-corrected chi connectivity index (χ1v) is 7.53. The molecular formula is C18H10Cl2N2O. The Balaban J connectivity index is 2.27. The second-order valence-corrected chi connectivity index (χ2v) is 5.80. The normalized spacial score (nSPS) is 10.3. The molecule has 0 fully saturated rings. The highest BCUT2D eigenvalue weighted by atomic mass is 35.5. The maximum atomic E-state index is 12.0. The standard InChI is InChI=1S/C18H10Cl2N2O/c19-14-5-1-11(2-6-14)16-9-13(10-21)18(23)22-17(16)12-3-7-15(20)8-4-12/h1-9H,(H,22,23). The Hall–Kier alpha value is -2.54. The van der Waals surface area contributed by atoms with Gasteiger partial charge in [-0.25, -0.2) is 0 Å². The summed E-state index contributed by atoms with van der Waals surface area (Å²) in [7, 11) is 0. The van der Waals surface area contributed by atoms with Crippen LogP contribution in [0, 0.1) is 11.3 Å². The summed E-state index contributed by atoms with van der Waals surface area (Å²) in [4.78, 5) is 14.8. The van der Waals surface area contributed by atoms with Crippen molar-refractivity contribution >= 4 is 23.2 Å². The van der Waals surface area contributed by atoms with E-state index in [9.17, 15) is 4.79 Å². The summed E-state index contributed by atoms with van der Waals surface area (Å²) in [6.07, 6.45) is 0. The molecule has 0 aliphatic carbocycles. The van der Waals surface area contributed by atoms with Gasteiger partial charge in [0.2, 0.25) is 0 Å². The molecule has 3 rings (SSSR count). The van der Waals surface area contributed by atoms with Crippen LogP contribution in [0.25, 0.3) is 22.4 Å². The van der Waals surface area contributed by atoms with E-state index in [1.54, 1.807) is 30.3 Å². The quantitative estimate of drug-likeness (QED) is 0.722. The van der Waals surface area contributed by atoms with E-state index in [0.717, 1.165) is 16.7 Å². The van der Waals surface area contributed by atoms with E-state index in [-0.39, 0.29) is 5.56 Å². The molecule has 112 valence electrons. The minimum absolute atomic E-state index is 0.0627. The number of hydrogen-bond acceptors (Lipinski definition) is 2. The van der Waals surface area contributed by atoms with E-state index in [1.165, 1.54) is 0 Å². The third-order valence-electron chi connectivity index (χ3n) is 3.45. The molecule has 0 spiro atoms. The first-order chi connectivity index (χ1) is 11.1. The van der Waals surface area contributed by atoms with E-state index in [1.807, 2.05) is 30.3 Å². The summed E-state index contributed by atoms with van der Waals surface area (Å²) in [6.45, 7) is 0. The van der Waals surface area contributed by atoms with Crippen LogP contribution in [-0.4, -0.2) is 4.98 Å². The number of rotatable bonds is 2. The lowest BCUT2D eigenvalue weighted by molar-refractivity contribution is 1.22. The van der Waals surface area contributed by atoms with Crippen molar-refractivity contribution in [2.24, 2.45) is 0 Å². The van der Waals surface area contributed by atoms with E-state index in [4.69, 9.17) is 28.5 Å². The number of pyridine rings is 1. The smallest absolute Gasteiger partial charge is 0.266 e. The summed E-state index contributed by atoms with van der Waals surface area (Å²) in [5.41, 5.74) is 2.68. The predicted octanol–water partition coefficient (Wildman–Crippen LogP) is 4.89. The maximum Gasteiger partial charge on any atom is 0.266 e. The van der Waals surface area contributed by atoms with Crippen LogP contribution in [-0.2, 0) is 0 Å². The summed E-state index contributed by atoms with van der Waals surface area (Å²) >= 11 is 11.9. The Morgan fingerprint density at radius 1 is 0.870 bits per heavy atom. The predicted molar refractivity (Wildman–Crippen MR) is 92.7 cm³/mol. The van der Waals surface area contributed by atoms with Crippen LogP contribution in [0.4, 0.5) is 0 Å². The molecule has 0 aliphatic heterocycles. The lowest BCUT2D eigenvalue weighted by atomic mass is 9.98. The van der Waals surface area contributed by atoms with Crippen molar-refractivity contribution in [2.75, 3.05) is 0 Å². The molecule has 0 atom stereocenters. The molecule has 3 nitrogen and oxygen atoms in total. The largest absolute Gasteiger partial charge is 0.320 e. The van der Waals surface area contributed by atoms with Crippen molar-refractivity contribution in [1.82, 2.24) is 4.98 Å². The van der Waals surface area contributed by atoms with E-state index < -0.39 is 5.56 Å². The molecule has 0 saturated carbocycles. The number of nitrogens with one attached hydrogen (secondary N) is 1. The number of aromatic amines is 1. The fourth-order valence-electron chi connectivity index (χ4n) is 2.31. The lowest BCUT2D eigenvalue weighted by Gasteiger charge is -2.11. The third-order valence-corrected chi connectivity index (χ3v) is 3.95. The topological polar surface area (TPSA) is 56.6 Å². The van der Waals surface area contributed by atoms with Crippen LogP contribution in [0.2, 0.25) is 10.0 Å². The van der Waals surface area contributed by atoms with Crippen LogP contribution in [0.3, 0.4) is 0 Å². The minimum Gasteiger partial charge on any atom is -0.320 e. The molecular weight excluding hydrogens is 331 g/mol. The zero-order valence-corrected chi connectivity index (χ0v) is 13.3. The fourth-order valence-corrected chi connectivity index (χ4v) is 2.57. The van der Waals surface area contributed by atoms with Gasteiger partial charge >= 0.3 is 0 Å². The van der Waals surface area contributed by atoms with Crippen molar-refractivity contribution in [3.63, 3.8) is 0 Å². The van der Waals surface area contributed by atoms with Crippen molar-refractivity contribution in [3.05, 3.63) is 80.6 Å². The van der Waals surface area contributed by atoms with Gasteiger partial charge in [0, 0.05) is 15.6 Å². The first-order valence-electron chi connectivity index (χ1n) is 6.78. The van der Waals surface area contributed by atoms with Crippen LogP contribution in [0.15, 0.2) is 59.4 Å². The molecule has 1 aromatic heterocycles. The number of nitrogens with zero attached hydrogens (tertiary/aromatic N) is 1. The molecule has 0 unspecified atom stereocenters. The van der Waals surface area contributed by atoms with Crippen LogP contribution >= 0.6 is 23.2 Å². The lowest BCUT2D eigenvalue weighted by Crippen LogP contribution is -2.11. The average molecular weight is 341 g/mol. The monoisotopic (exact) mass is 340 g/mol. The van der Waals surface area contributed by atoms with Gasteiger partial charge < -0.3 is 4.98 Å². The summed E-state index contributed by atoms with van der Waals surface area (Å²) in [5.74, 6) is 0. The van der Waals surface area contributed by atoms with Gasteiger partial charge in [-0.15, -0.1) is 0 Å². The Morgan fingerprint density at radius 2 is 1.39 bits per heavy atom. The molecule has 3 aromatic rings. The summed E-state index contributed by atoms with van der Waals surface area (Å²) in [5, 5.41) is 10.3. The second kappa shape index (κ2) is 6.29. The van der Waals surface area contributed by atoms with E-state index in [0.29, 0.717) is 15.7 Å². The van der Waals surface area contributed by atoms with E-state index in [2.05, 4.69) is 4.98 Å². The third kappa shape index (κ3) is 3.14. The van der Waals surface area contributed by atoms with Crippen LogP contribution in [0.1, 0.15) is 5.56 Å². The Kier molecular flexibility index (Phi) is 4.20. The number of H-pyrrole nitrogens is 1. The molecule has 23 heavy (non-hydrogen) atoms. The Bertz CT molecular complexity index is 952. The van der Waals surface area contributed by atoms with Crippen molar-refractivity contribution in [1.29, 1.82) is 5.26 Å². The molecule has 0 saturated heterocycles. The average Bonchev–Trinajstić information content (AvgIpc) is 2.56. The van der Waals surface area contributed by atoms with Crippen LogP contribution in [0.5, 0.6) is 0 Å². The van der Waals surface area contributed by atoms with Gasteiger partial charge in [0.15, 0.2) is 0 Å². The van der Waals surface area contributed by atoms with Gasteiger partial charge in [-0.3, -0.25) is 4.79 Å². The SMILES string of the molecule is N#Cc1cc(-c2ccc(Cl)cc2)c(-c2ccc(Cl)cc2)[nH]c1=O. The highest BCUT2D eigenvalue weighted by molar-refractivity contribution is 6.31. The zero-order valence-electron chi connectivity index (χ0n) is 11.8. The maximum absolute atomic E-state index is 12.0. The number of aromatic nitrogens is 1. The van der Waals surface area contributed by atoms with Crippen molar-refractivity contribution < 1.29 is 0 Å². The number of hydrogen-bond donors (Lipinski definition) is 1. The molecule has 1 N–H and O–H groups in total. The number of halogens is 2. The fraction of sp³-hybridized carbons (Fsp3) is 0. The Labute approximate surface area is 142 Å². The number of nitriles is 1. The highest BCUT2D eigenvalue weighted by Crippen LogP contribution is 2.31. The number of benzene rings is 2. The van der Waals surface area contributed by atoms with Gasteiger partial charge in [-0.2, -0.15) is 5.26 Å². The van der Waals surface area contributed by atoms with Gasteiger partial charge in [0.1, 0.15) is 11.6 Å². The molecule has 5 heteroatoms. The van der Waals surface area contributed by atoms with Crippen LogP contribution < -0.4 is 5.56 Å². The van der Waals surface area contributed by atoms with Gasteiger partial charge in [-0.1, -0.05) is 47.5 Å². The molecule has 0 aliphatic rings.